The van der Waals surface area contributed by atoms with E-state index in [1.807, 2.05) is 18.2 Å². The Kier molecular flexibility index (Phi) is 5.16. The molecule has 0 N–H and O–H groups in total. The van der Waals surface area contributed by atoms with E-state index in [2.05, 4.69) is 0 Å². The van der Waals surface area contributed by atoms with Gasteiger partial charge in [0.05, 0.1) is 26.7 Å². The molecule has 0 aromatic heterocycles. The molecular weight excluding hydrogens is 393 g/mol. The molecule has 1 aliphatic rings. The lowest BCUT2D eigenvalue weighted by Crippen LogP contribution is -2.41. The van der Waals surface area contributed by atoms with Crippen LogP contribution >= 0.6 is 11.6 Å². The molecule has 0 aliphatic carbocycles. The number of nitrogens with zero attached hydrogens (tertiary/aromatic N) is 1. The van der Waals surface area contributed by atoms with E-state index in [4.69, 9.17) is 21.1 Å². The Hall–Kier alpha value is -3.05. The molecule has 1 amide bonds. The van der Waals surface area contributed by atoms with Crippen molar-refractivity contribution < 1.29 is 18.7 Å². The minimum Gasteiger partial charge on any atom is -0.493 e. The lowest BCUT2D eigenvalue weighted by Gasteiger charge is -2.38. The van der Waals surface area contributed by atoms with Crippen LogP contribution in [0.4, 0.5) is 10.1 Å². The maximum absolute atomic E-state index is 13.6. The van der Waals surface area contributed by atoms with Crippen molar-refractivity contribution in [3.8, 4) is 11.5 Å². The maximum atomic E-state index is 13.6. The van der Waals surface area contributed by atoms with Crippen molar-refractivity contribution in [1.82, 2.24) is 0 Å². The molecule has 3 aromatic rings. The first-order valence-electron chi connectivity index (χ1n) is 9.09. The second kappa shape index (κ2) is 7.76. The topological polar surface area (TPSA) is 38.8 Å². The van der Waals surface area contributed by atoms with Crippen LogP contribution in [0, 0.1) is 5.82 Å². The second-order valence-corrected chi connectivity index (χ2v) is 7.22. The molecule has 0 fully saturated rings. The predicted octanol–water partition coefficient (Wildman–Crippen LogP) is 5.18. The van der Waals surface area contributed by atoms with Crippen molar-refractivity contribution in [2.24, 2.45) is 0 Å². The van der Waals surface area contributed by atoms with Crippen molar-refractivity contribution in [2.75, 3.05) is 19.1 Å². The smallest absolute Gasteiger partial charge is 0.232 e. The molecule has 1 aliphatic heterocycles. The second-order valence-electron chi connectivity index (χ2n) is 6.78. The number of ether oxygens (including phenoxy) is 2. The van der Waals surface area contributed by atoms with Crippen LogP contribution in [0.25, 0.3) is 0 Å². The van der Waals surface area contributed by atoms with Gasteiger partial charge in [-0.15, -0.1) is 0 Å². The van der Waals surface area contributed by atoms with Crippen LogP contribution in [-0.4, -0.2) is 20.1 Å². The van der Waals surface area contributed by atoms with Gasteiger partial charge in [0.25, 0.3) is 0 Å². The third-order valence-electron chi connectivity index (χ3n) is 5.08. The van der Waals surface area contributed by atoms with E-state index in [9.17, 15) is 9.18 Å². The summed E-state index contributed by atoms with van der Waals surface area (Å²) in [6.45, 7) is 0. The van der Waals surface area contributed by atoms with Crippen LogP contribution in [0.3, 0.4) is 0 Å². The van der Waals surface area contributed by atoms with Crippen LogP contribution in [0.2, 0.25) is 5.02 Å². The Morgan fingerprint density at radius 1 is 1.00 bits per heavy atom. The van der Waals surface area contributed by atoms with Gasteiger partial charge in [-0.05, 0) is 59.2 Å². The molecule has 3 aromatic carbocycles. The lowest BCUT2D eigenvalue weighted by atomic mass is 9.87. The highest BCUT2D eigenvalue weighted by Crippen LogP contribution is 2.43. The van der Waals surface area contributed by atoms with Gasteiger partial charge in [0.2, 0.25) is 5.91 Å². The maximum Gasteiger partial charge on any atom is 0.232 e. The number of amides is 1. The number of hydrogen-bond acceptors (Lipinski definition) is 3. The summed E-state index contributed by atoms with van der Waals surface area (Å²) in [4.78, 5) is 14.9. The first-order valence-corrected chi connectivity index (χ1v) is 9.47. The monoisotopic (exact) mass is 411 g/mol. The highest BCUT2D eigenvalue weighted by atomic mass is 35.5. The van der Waals surface area contributed by atoms with Gasteiger partial charge in [0.1, 0.15) is 5.82 Å². The first kappa shape index (κ1) is 19.3. The molecule has 0 saturated heterocycles. The van der Waals surface area contributed by atoms with Gasteiger partial charge >= 0.3 is 0 Å². The fraction of sp³-hybridized carbons (Fsp3) is 0.174. The van der Waals surface area contributed by atoms with Gasteiger partial charge < -0.3 is 14.4 Å². The fourth-order valence-electron chi connectivity index (χ4n) is 3.77. The summed E-state index contributed by atoms with van der Waals surface area (Å²) in [6.07, 6.45) is 0.208. The third kappa shape index (κ3) is 3.54. The molecule has 148 valence electrons. The fourth-order valence-corrected chi connectivity index (χ4v) is 3.95. The molecule has 0 radical (unpaired) electrons. The molecule has 4 nitrogen and oxygen atoms in total. The van der Waals surface area contributed by atoms with Crippen molar-refractivity contribution >= 4 is 23.2 Å². The van der Waals surface area contributed by atoms with Gasteiger partial charge in [-0.1, -0.05) is 29.8 Å². The Bertz CT molecular complexity index is 1070. The Balaban J connectivity index is 1.95. The van der Waals surface area contributed by atoms with Gasteiger partial charge in [0.15, 0.2) is 11.5 Å². The largest absolute Gasteiger partial charge is 0.493 e. The van der Waals surface area contributed by atoms with Crippen molar-refractivity contribution in [3.63, 3.8) is 0 Å². The highest BCUT2D eigenvalue weighted by molar-refractivity contribution is 6.31. The summed E-state index contributed by atoms with van der Waals surface area (Å²) >= 11 is 6.19. The zero-order valence-electron chi connectivity index (χ0n) is 16.0. The van der Waals surface area contributed by atoms with Crippen LogP contribution in [0.5, 0.6) is 11.5 Å². The molecule has 0 unspecified atom stereocenters. The zero-order chi connectivity index (χ0) is 20.5. The normalized spacial score (nSPS) is 15.8. The van der Waals surface area contributed by atoms with Gasteiger partial charge in [0, 0.05) is 10.7 Å². The summed E-state index contributed by atoms with van der Waals surface area (Å²) in [7, 11) is 3.13. The number of carbonyl (C=O) groups is 1. The minimum absolute atomic E-state index is 0.0821. The number of fused-ring (bicyclic) bond motifs is 1. The summed E-state index contributed by atoms with van der Waals surface area (Å²) < 4.78 is 24.5. The van der Waals surface area contributed by atoms with E-state index in [-0.39, 0.29) is 18.1 Å². The van der Waals surface area contributed by atoms with E-state index in [0.717, 1.165) is 16.7 Å². The molecule has 4 rings (SSSR count). The summed E-state index contributed by atoms with van der Waals surface area (Å²) in [5, 5.41) is 0.534. The van der Waals surface area contributed by atoms with E-state index in [1.54, 1.807) is 49.5 Å². The molecule has 29 heavy (non-hydrogen) atoms. The lowest BCUT2D eigenvalue weighted by molar-refractivity contribution is -0.118. The molecular formula is C23H19ClFNO3. The van der Waals surface area contributed by atoms with E-state index in [1.165, 1.54) is 12.1 Å². The molecule has 1 atom stereocenters. The Morgan fingerprint density at radius 3 is 2.34 bits per heavy atom. The molecule has 0 saturated carbocycles. The number of anilines is 1. The van der Waals surface area contributed by atoms with Crippen LogP contribution in [0.15, 0.2) is 60.7 Å². The average molecular weight is 412 g/mol. The quantitative estimate of drug-likeness (QED) is 0.594. The number of hydrogen-bond donors (Lipinski definition) is 0. The average Bonchev–Trinajstić information content (AvgIpc) is 2.72. The number of rotatable bonds is 4. The van der Waals surface area contributed by atoms with Crippen LogP contribution < -0.4 is 14.4 Å². The molecule has 0 bridgehead atoms. The molecule has 1 heterocycles. The Labute approximate surface area is 173 Å². The zero-order valence-corrected chi connectivity index (χ0v) is 16.7. The van der Waals surface area contributed by atoms with Crippen molar-refractivity contribution in [3.05, 3.63) is 88.2 Å². The van der Waals surface area contributed by atoms with Crippen LogP contribution in [0.1, 0.15) is 22.7 Å². The number of carbonyl (C=O) groups excluding carboxylic acids is 1. The van der Waals surface area contributed by atoms with Gasteiger partial charge in [-0.25, -0.2) is 4.39 Å². The Morgan fingerprint density at radius 2 is 1.69 bits per heavy atom. The minimum atomic E-state index is -0.454. The van der Waals surface area contributed by atoms with E-state index < -0.39 is 6.04 Å². The number of methoxy groups -OCH3 is 2. The standard InChI is InChI=1S/C23H19ClFNO3/c1-28-20-10-15-11-22(27)26(18-5-3-4-16(24)12-18)23(19(15)13-21(20)29-2)14-6-8-17(25)9-7-14/h3-10,12-13,23H,11H2,1-2H3/t23-/m0/s1. The molecule has 0 spiro atoms. The number of benzene rings is 3. The van der Waals surface area contributed by atoms with E-state index >= 15 is 0 Å². The summed E-state index contributed by atoms with van der Waals surface area (Å²) in [6, 6.07) is 16.6. The third-order valence-corrected chi connectivity index (χ3v) is 5.32. The summed E-state index contributed by atoms with van der Waals surface area (Å²) in [5.41, 5.74) is 3.21. The van der Waals surface area contributed by atoms with Gasteiger partial charge in [-0.3, -0.25) is 4.79 Å². The van der Waals surface area contributed by atoms with Crippen LogP contribution in [-0.2, 0) is 11.2 Å². The number of halogens is 2. The van der Waals surface area contributed by atoms with Crippen molar-refractivity contribution in [1.29, 1.82) is 0 Å². The van der Waals surface area contributed by atoms with Crippen molar-refractivity contribution in [2.45, 2.75) is 12.5 Å². The first-order chi connectivity index (χ1) is 14.0. The van der Waals surface area contributed by atoms with E-state index in [0.29, 0.717) is 22.2 Å². The van der Waals surface area contributed by atoms with Gasteiger partial charge in [-0.2, -0.15) is 0 Å². The SMILES string of the molecule is COc1cc2c(cc1OC)[C@H](c1ccc(F)cc1)N(c1cccc(Cl)c1)C(=O)C2. The predicted molar refractivity (Wildman–Crippen MR) is 110 cm³/mol. The highest BCUT2D eigenvalue weighted by Gasteiger charge is 2.36. The summed E-state index contributed by atoms with van der Waals surface area (Å²) in [5.74, 6) is 0.714. The molecule has 6 heteroatoms.